The van der Waals surface area contributed by atoms with Crippen LogP contribution >= 0.6 is 24.0 Å². The molecule has 0 aliphatic heterocycles. The van der Waals surface area contributed by atoms with Gasteiger partial charge in [-0.25, -0.2) is 0 Å². The molecular formula is C15H25IN4O2. The van der Waals surface area contributed by atoms with Crippen molar-refractivity contribution in [2.75, 3.05) is 19.6 Å². The Labute approximate surface area is 148 Å². The van der Waals surface area contributed by atoms with Crippen LogP contribution in [0.25, 0.3) is 0 Å². The summed E-state index contributed by atoms with van der Waals surface area (Å²) in [6.07, 6.45) is 0. The Morgan fingerprint density at radius 2 is 1.86 bits per heavy atom. The molecule has 0 spiro atoms. The minimum atomic E-state index is -0.174. The third-order valence-corrected chi connectivity index (χ3v) is 2.57. The van der Waals surface area contributed by atoms with Crippen LogP contribution in [0.5, 0.6) is 5.75 Å². The maximum Gasteiger partial charge on any atom is 0.251 e. The summed E-state index contributed by atoms with van der Waals surface area (Å²) < 4.78 is 0. The van der Waals surface area contributed by atoms with Crippen molar-refractivity contribution in [1.29, 1.82) is 0 Å². The molecule has 0 aromatic heterocycles. The Kier molecular flexibility index (Phi) is 10.3. The molecule has 4 N–H and O–H groups in total. The number of nitrogens with zero attached hydrogens (tertiary/aromatic N) is 1. The highest BCUT2D eigenvalue weighted by Gasteiger charge is 2.04. The first-order chi connectivity index (χ1) is 10.0. The summed E-state index contributed by atoms with van der Waals surface area (Å²) in [5.41, 5.74) is 0.518. The number of halogens is 1. The second kappa shape index (κ2) is 11.1. The highest BCUT2D eigenvalue weighted by Crippen LogP contribution is 2.09. The number of aromatic hydroxyl groups is 1. The number of guanidine groups is 1. The summed E-state index contributed by atoms with van der Waals surface area (Å²) in [5, 5.41) is 18.3. The van der Waals surface area contributed by atoms with E-state index in [9.17, 15) is 9.90 Å². The van der Waals surface area contributed by atoms with E-state index in [4.69, 9.17) is 0 Å². The van der Waals surface area contributed by atoms with Crippen molar-refractivity contribution >= 4 is 35.8 Å². The summed E-state index contributed by atoms with van der Waals surface area (Å²) in [6.45, 7) is 7.82. The number of aliphatic imine (C=N–C) groups is 1. The van der Waals surface area contributed by atoms with Gasteiger partial charge in [0.1, 0.15) is 5.75 Å². The number of carbonyl (C=O) groups is 1. The van der Waals surface area contributed by atoms with Crippen LogP contribution in [0.1, 0.15) is 31.1 Å². The zero-order chi connectivity index (χ0) is 15.7. The molecule has 0 radical (unpaired) electrons. The molecule has 0 saturated carbocycles. The molecule has 0 fully saturated rings. The lowest BCUT2D eigenvalue weighted by atomic mass is 10.2. The van der Waals surface area contributed by atoms with Gasteiger partial charge in [0.05, 0.1) is 6.54 Å². The van der Waals surface area contributed by atoms with Crippen LogP contribution in [0.15, 0.2) is 29.3 Å². The van der Waals surface area contributed by atoms with E-state index in [0.29, 0.717) is 24.7 Å². The van der Waals surface area contributed by atoms with E-state index in [1.165, 1.54) is 12.1 Å². The van der Waals surface area contributed by atoms with E-state index < -0.39 is 0 Å². The fourth-order valence-electron chi connectivity index (χ4n) is 1.65. The van der Waals surface area contributed by atoms with Crippen molar-refractivity contribution in [2.24, 2.45) is 4.99 Å². The molecule has 0 heterocycles. The smallest absolute Gasteiger partial charge is 0.251 e. The zero-order valence-electron chi connectivity index (χ0n) is 13.2. The van der Waals surface area contributed by atoms with Crippen molar-refractivity contribution < 1.29 is 9.90 Å². The summed E-state index contributed by atoms with van der Waals surface area (Å²) >= 11 is 0. The van der Waals surface area contributed by atoms with Crippen LogP contribution in [0.3, 0.4) is 0 Å². The number of hydrogen-bond donors (Lipinski definition) is 4. The maximum absolute atomic E-state index is 11.8. The molecule has 124 valence electrons. The first-order valence-corrected chi connectivity index (χ1v) is 7.15. The molecule has 1 aromatic rings. The van der Waals surface area contributed by atoms with E-state index in [0.717, 1.165) is 12.5 Å². The van der Waals surface area contributed by atoms with Crippen LogP contribution in [-0.4, -0.2) is 42.6 Å². The Bertz CT molecular complexity index is 475. The summed E-state index contributed by atoms with van der Waals surface area (Å²) in [6, 6.07) is 6.44. The highest BCUT2D eigenvalue weighted by atomic mass is 127. The number of rotatable bonds is 6. The first-order valence-electron chi connectivity index (χ1n) is 7.15. The monoisotopic (exact) mass is 420 g/mol. The van der Waals surface area contributed by atoms with Gasteiger partial charge in [-0.2, -0.15) is 0 Å². The van der Waals surface area contributed by atoms with Gasteiger partial charge in [-0.3, -0.25) is 9.79 Å². The van der Waals surface area contributed by atoms with Gasteiger partial charge in [-0.15, -0.1) is 24.0 Å². The van der Waals surface area contributed by atoms with Gasteiger partial charge < -0.3 is 21.1 Å². The topological polar surface area (TPSA) is 85.8 Å². The van der Waals surface area contributed by atoms with E-state index in [1.54, 1.807) is 12.1 Å². The minimum Gasteiger partial charge on any atom is -0.508 e. The van der Waals surface area contributed by atoms with Crippen LogP contribution in [0, 0.1) is 0 Å². The van der Waals surface area contributed by atoms with Crippen LogP contribution in [0.4, 0.5) is 0 Å². The SMILES string of the molecule is CCNC(=NCCNC(=O)c1ccc(O)cc1)NC(C)C.I. The largest absolute Gasteiger partial charge is 0.508 e. The Balaban J connectivity index is 0.00000441. The molecule has 0 aliphatic rings. The Morgan fingerprint density at radius 3 is 2.41 bits per heavy atom. The molecule has 6 nitrogen and oxygen atoms in total. The van der Waals surface area contributed by atoms with Gasteiger partial charge in [0.15, 0.2) is 5.96 Å². The van der Waals surface area contributed by atoms with E-state index in [-0.39, 0.29) is 35.6 Å². The zero-order valence-corrected chi connectivity index (χ0v) is 15.5. The third kappa shape index (κ3) is 8.06. The second-order valence-corrected chi connectivity index (χ2v) is 4.86. The Hall–Kier alpha value is -1.51. The predicted octanol–water partition coefficient (Wildman–Crippen LogP) is 1.70. The average Bonchev–Trinajstić information content (AvgIpc) is 2.43. The number of benzene rings is 1. The number of hydrogen-bond acceptors (Lipinski definition) is 3. The average molecular weight is 420 g/mol. The molecule has 0 aliphatic carbocycles. The number of nitrogens with one attached hydrogen (secondary N) is 3. The van der Waals surface area contributed by atoms with Crippen LogP contribution in [-0.2, 0) is 0 Å². The summed E-state index contributed by atoms with van der Waals surface area (Å²) in [5.74, 6) is 0.713. The van der Waals surface area contributed by atoms with Gasteiger partial charge >= 0.3 is 0 Å². The number of phenols is 1. The fraction of sp³-hybridized carbons (Fsp3) is 0.467. The van der Waals surface area contributed by atoms with Crippen molar-refractivity contribution in [3.05, 3.63) is 29.8 Å². The van der Waals surface area contributed by atoms with Crippen LogP contribution in [0.2, 0.25) is 0 Å². The summed E-state index contributed by atoms with van der Waals surface area (Å²) in [7, 11) is 0. The normalized spacial score (nSPS) is 10.8. The van der Waals surface area contributed by atoms with Crippen LogP contribution < -0.4 is 16.0 Å². The van der Waals surface area contributed by atoms with E-state index >= 15 is 0 Å². The van der Waals surface area contributed by atoms with E-state index in [2.05, 4.69) is 20.9 Å². The second-order valence-electron chi connectivity index (χ2n) is 4.86. The highest BCUT2D eigenvalue weighted by molar-refractivity contribution is 14.0. The molecule has 1 amide bonds. The Morgan fingerprint density at radius 1 is 1.23 bits per heavy atom. The number of phenolic OH excluding ortho intramolecular Hbond substituents is 1. The molecule has 0 bridgehead atoms. The molecular weight excluding hydrogens is 395 g/mol. The third-order valence-electron chi connectivity index (χ3n) is 2.57. The summed E-state index contributed by atoms with van der Waals surface area (Å²) in [4.78, 5) is 16.2. The van der Waals surface area contributed by atoms with Gasteiger partial charge in [-0.05, 0) is 45.0 Å². The minimum absolute atomic E-state index is 0. The standard InChI is InChI=1S/C15H24N4O2.HI/c1-4-16-15(19-11(2)3)18-10-9-17-14(21)12-5-7-13(20)8-6-12;/h5-8,11,20H,4,9-10H2,1-3H3,(H,17,21)(H2,16,18,19);1H. The van der Waals surface area contributed by atoms with Crippen molar-refractivity contribution in [3.63, 3.8) is 0 Å². The molecule has 1 aromatic carbocycles. The fourth-order valence-corrected chi connectivity index (χ4v) is 1.65. The van der Waals surface area contributed by atoms with Gasteiger partial charge in [-0.1, -0.05) is 0 Å². The van der Waals surface area contributed by atoms with Crippen molar-refractivity contribution in [3.8, 4) is 5.75 Å². The van der Waals surface area contributed by atoms with Crippen molar-refractivity contribution in [1.82, 2.24) is 16.0 Å². The maximum atomic E-state index is 11.8. The molecule has 0 unspecified atom stereocenters. The lowest BCUT2D eigenvalue weighted by Crippen LogP contribution is -2.41. The number of carbonyl (C=O) groups excluding carboxylic acids is 1. The lowest BCUT2D eigenvalue weighted by molar-refractivity contribution is 0.0955. The first kappa shape index (κ1) is 20.5. The van der Waals surface area contributed by atoms with Crippen molar-refractivity contribution in [2.45, 2.75) is 26.8 Å². The molecule has 0 saturated heterocycles. The predicted molar refractivity (Wildman–Crippen MR) is 100 cm³/mol. The van der Waals surface area contributed by atoms with Gasteiger partial charge in [0.25, 0.3) is 5.91 Å². The number of amides is 1. The quantitative estimate of drug-likeness (QED) is 0.244. The molecule has 0 atom stereocenters. The molecule has 7 heteroatoms. The van der Waals surface area contributed by atoms with E-state index in [1.807, 2.05) is 20.8 Å². The molecule has 1 rings (SSSR count). The van der Waals surface area contributed by atoms with Gasteiger partial charge in [0.2, 0.25) is 0 Å². The van der Waals surface area contributed by atoms with Gasteiger partial charge in [0, 0.05) is 24.7 Å². The lowest BCUT2D eigenvalue weighted by Gasteiger charge is -2.14. The molecule has 22 heavy (non-hydrogen) atoms.